The van der Waals surface area contributed by atoms with Gasteiger partial charge in [0, 0.05) is 27.9 Å². The second-order valence-corrected chi connectivity index (χ2v) is 14.0. The van der Waals surface area contributed by atoms with Crippen LogP contribution in [0.2, 0.25) is 0 Å². The molecular formula is C30H29BrN6O2S2. The number of thioether (sulfide) groups is 1. The number of nitrogens with one attached hydrogen (secondary N) is 1. The first-order valence-corrected chi connectivity index (χ1v) is 15.6. The summed E-state index contributed by atoms with van der Waals surface area (Å²) in [4.78, 5) is 28.1. The average molecular weight is 650 g/mol. The van der Waals surface area contributed by atoms with Gasteiger partial charge in [0.05, 0.1) is 23.3 Å². The Bertz CT molecular complexity index is 1670. The van der Waals surface area contributed by atoms with Crippen LogP contribution in [0.15, 0.2) is 73.9 Å². The zero-order chi connectivity index (χ0) is 29.5. The maximum Gasteiger partial charge on any atom is 0.234 e. The second-order valence-electron chi connectivity index (χ2n) is 10.9. The quantitative estimate of drug-likeness (QED) is 0.287. The van der Waals surface area contributed by atoms with Crippen LogP contribution in [-0.2, 0) is 9.59 Å². The number of carbonyl (C=O) groups excluding carboxylic acids is 2. The molecule has 2 heterocycles. The Kier molecular flexibility index (Phi) is 8.10. The van der Waals surface area contributed by atoms with Gasteiger partial charge >= 0.3 is 0 Å². The summed E-state index contributed by atoms with van der Waals surface area (Å²) in [5.74, 6) is -0.353. The maximum atomic E-state index is 13.7. The zero-order valence-corrected chi connectivity index (χ0v) is 26.3. The van der Waals surface area contributed by atoms with E-state index in [2.05, 4.69) is 51.4 Å². The molecule has 1 unspecified atom stereocenters. The lowest BCUT2D eigenvalue weighted by atomic mass is 9.69. The number of amides is 1. The van der Waals surface area contributed by atoms with Crippen LogP contribution in [0.5, 0.6) is 0 Å². The fourth-order valence-electron chi connectivity index (χ4n) is 5.30. The van der Waals surface area contributed by atoms with E-state index in [1.54, 1.807) is 4.90 Å². The number of hydrogen-bond donors (Lipinski definition) is 2. The molecule has 1 aromatic heterocycles. The Morgan fingerprint density at radius 1 is 1.22 bits per heavy atom. The number of benzene rings is 2. The fourth-order valence-corrected chi connectivity index (χ4v) is 7.49. The summed E-state index contributed by atoms with van der Waals surface area (Å²) in [5.41, 5.74) is 11.8. The molecule has 5 rings (SSSR count). The standard InChI is InChI=1S/C30H29BrN6O2S2/c1-16-8-7-11-21(17(16)2)34-24(39)15-40-29-36-35-28(41-29)37-22-12-30(3,4)13-23(38)26(22)25(19(14-32)27(37)33)18-9-5-6-10-20(18)31/h5-11,25H,12-13,15,33H2,1-4H3,(H,34,39). The van der Waals surface area contributed by atoms with Gasteiger partial charge in [0.2, 0.25) is 11.0 Å². The largest absolute Gasteiger partial charge is 0.384 e. The number of ketones is 1. The Morgan fingerprint density at radius 3 is 2.71 bits per heavy atom. The Morgan fingerprint density at radius 2 is 1.98 bits per heavy atom. The molecule has 3 aromatic rings. The molecule has 0 saturated carbocycles. The number of aryl methyl sites for hydroxylation is 1. The van der Waals surface area contributed by atoms with E-state index in [0.717, 1.165) is 32.5 Å². The summed E-state index contributed by atoms with van der Waals surface area (Å²) >= 11 is 6.16. The average Bonchev–Trinajstić information content (AvgIpc) is 3.37. The van der Waals surface area contributed by atoms with Gasteiger partial charge in [-0.1, -0.05) is 83.2 Å². The van der Waals surface area contributed by atoms with Crippen molar-refractivity contribution in [3.63, 3.8) is 0 Å². The topological polar surface area (TPSA) is 125 Å². The third-order valence-corrected chi connectivity index (χ3v) is 10.2. The predicted octanol–water partition coefficient (Wildman–Crippen LogP) is 6.59. The molecule has 0 spiro atoms. The van der Waals surface area contributed by atoms with Crippen molar-refractivity contribution in [1.82, 2.24) is 10.2 Å². The second kappa shape index (κ2) is 11.4. The lowest BCUT2D eigenvalue weighted by Crippen LogP contribution is -2.42. The minimum absolute atomic E-state index is 0.00974. The van der Waals surface area contributed by atoms with E-state index in [9.17, 15) is 14.9 Å². The van der Waals surface area contributed by atoms with Gasteiger partial charge in [-0.15, -0.1) is 10.2 Å². The van der Waals surface area contributed by atoms with Crippen molar-refractivity contribution in [3.05, 3.63) is 86.3 Å². The number of halogens is 1. The number of Topliss-reactive ketones (excluding diaryl/α,β-unsaturated/α-hetero) is 1. The van der Waals surface area contributed by atoms with Gasteiger partial charge in [-0.25, -0.2) is 0 Å². The normalized spacial score (nSPS) is 18.3. The summed E-state index contributed by atoms with van der Waals surface area (Å²) in [6.45, 7) is 8.08. The van der Waals surface area contributed by atoms with E-state index in [1.807, 2.05) is 56.3 Å². The summed E-state index contributed by atoms with van der Waals surface area (Å²) in [6.07, 6.45) is 0.945. The molecule has 210 valence electrons. The highest BCUT2D eigenvalue weighted by Crippen LogP contribution is 2.51. The fraction of sp³-hybridized carbons (Fsp3) is 0.300. The summed E-state index contributed by atoms with van der Waals surface area (Å²) < 4.78 is 1.39. The number of hydrogen-bond acceptors (Lipinski definition) is 9. The van der Waals surface area contributed by atoms with Gasteiger partial charge in [0.25, 0.3) is 0 Å². The van der Waals surface area contributed by atoms with Crippen LogP contribution in [0.4, 0.5) is 10.8 Å². The number of aromatic nitrogens is 2. The Hall–Kier alpha value is -3.46. The van der Waals surface area contributed by atoms with Crippen molar-refractivity contribution in [2.75, 3.05) is 16.0 Å². The van der Waals surface area contributed by atoms with Crippen molar-refractivity contribution in [2.45, 2.75) is 50.8 Å². The molecule has 1 amide bonds. The molecule has 1 aliphatic heterocycles. The number of rotatable bonds is 6. The smallest absolute Gasteiger partial charge is 0.234 e. The van der Waals surface area contributed by atoms with Gasteiger partial charge in [-0.05, 0) is 54.5 Å². The van der Waals surface area contributed by atoms with Gasteiger partial charge < -0.3 is 11.1 Å². The lowest BCUT2D eigenvalue weighted by molar-refractivity contribution is -0.118. The number of nitrogens with two attached hydrogens (primary N) is 1. The van der Waals surface area contributed by atoms with Crippen LogP contribution in [0, 0.1) is 30.6 Å². The third-order valence-electron chi connectivity index (χ3n) is 7.39. The first-order chi connectivity index (χ1) is 19.5. The first-order valence-electron chi connectivity index (χ1n) is 13.0. The maximum absolute atomic E-state index is 13.7. The molecule has 1 atom stereocenters. The molecule has 1 aliphatic carbocycles. The molecule has 0 radical (unpaired) electrons. The van der Waals surface area contributed by atoms with E-state index in [-0.39, 0.29) is 28.7 Å². The Balaban J connectivity index is 1.47. The highest BCUT2D eigenvalue weighted by atomic mass is 79.9. The van der Waals surface area contributed by atoms with Crippen LogP contribution in [0.1, 0.15) is 49.3 Å². The van der Waals surface area contributed by atoms with E-state index < -0.39 is 5.92 Å². The minimum atomic E-state index is -0.582. The van der Waals surface area contributed by atoms with Gasteiger partial charge in [0.1, 0.15) is 5.82 Å². The molecule has 0 bridgehead atoms. The monoisotopic (exact) mass is 648 g/mol. The van der Waals surface area contributed by atoms with Crippen LogP contribution in [0.3, 0.4) is 0 Å². The van der Waals surface area contributed by atoms with Crippen molar-refractivity contribution < 1.29 is 9.59 Å². The molecular weight excluding hydrogens is 620 g/mol. The predicted molar refractivity (Wildman–Crippen MR) is 166 cm³/mol. The van der Waals surface area contributed by atoms with Crippen molar-refractivity contribution >= 4 is 61.5 Å². The highest BCUT2D eigenvalue weighted by Gasteiger charge is 2.45. The first kappa shape index (κ1) is 29.0. The number of anilines is 2. The van der Waals surface area contributed by atoms with Gasteiger partial charge in [0.15, 0.2) is 10.1 Å². The van der Waals surface area contributed by atoms with Gasteiger partial charge in [-0.2, -0.15) is 5.26 Å². The van der Waals surface area contributed by atoms with Crippen LogP contribution < -0.4 is 16.0 Å². The van der Waals surface area contributed by atoms with Crippen LogP contribution >= 0.6 is 39.0 Å². The zero-order valence-electron chi connectivity index (χ0n) is 23.1. The van der Waals surface area contributed by atoms with Crippen molar-refractivity contribution in [3.8, 4) is 6.07 Å². The van der Waals surface area contributed by atoms with E-state index in [4.69, 9.17) is 5.73 Å². The number of allylic oxidation sites excluding steroid dienone is 3. The minimum Gasteiger partial charge on any atom is -0.384 e. The number of nitriles is 1. The SMILES string of the molecule is Cc1cccc(NC(=O)CSc2nnc(N3C(N)=C(C#N)C(c4ccccc4Br)C4=C3CC(C)(C)CC4=O)s2)c1C. The van der Waals surface area contributed by atoms with Crippen LogP contribution in [0.25, 0.3) is 0 Å². The van der Waals surface area contributed by atoms with Crippen LogP contribution in [-0.4, -0.2) is 27.6 Å². The highest BCUT2D eigenvalue weighted by molar-refractivity contribution is 9.10. The van der Waals surface area contributed by atoms with E-state index in [1.165, 1.54) is 23.1 Å². The molecule has 41 heavy (non-hydrogen) atoms. The molecule has 11 heteroatoms. The molecule has 2 aromatic carbocycles. The van der Waals surface area contributed by atoms with Crippen molar-refractivity contribution in [1.29, 1.82) is 5.26 Å². The van der Waals surface area contributed by atoms with E-state index >= 15 is 0 Å². The summed E-state index contributed by atoms with van der Waals surface area (Å²) in [6, 6.07) is 15.7. The molecule has 2 aliphatic rings. The Labute approximate surface area is 255 Å². The third kappa shape index (κ3) is 5.69. The molecule has 8 nitrogen and oxygen atoms in total. The summed E-state index contributed by atoms with van der Waals surface area (Å²) in [5, 5.41) is 22.4. The molecule has 0 saturated heterocycles. The van der Waals surface area contributed by atoms with Gasteiger partial charge in [-0.3, -0.25) is 14.5 Å². The summed E-state index contributed by atoms with van der Waals surface area (Å²) in [7, 11) is 0. The number of carbonyl (C=O) groups is 2. The molecule has 0 fully saturated rings. The van der Waals surface area contributed by atoms with E-state index in [0.29, 0.717) is 33.5 Å². The van der Waals surface area contributed by atoms with Crippen molar-refractivity contribution in [2.24, 2.45) is 11.1 Å². The molecule has 3 N–H and O–H groups in total. The number of nitrogens with zero attached hydrogens (tertiary/aromatic N) is 4. The lowest BCUT2D eigenvalue weighted by Gasteiger charge is -2.42.